The molecule has 2 aromatic carbocycles. The molecule has 8 N–H and O–H groups in total. The number of hydrogen-bond acceptors (Lipinski definition) is 6. The van der Waals surface area contributed by atoms with E-state index in [-0.39, 0.29) is 5.75 Å². The number of carbonyl (C=O) groups excluding carboxylic acids is 1. The fraction of sp³-hybridized carbons (Fsp3) is 0.190. The van der Waals surface area contributed by atoms with Crippen LogP contribution in [0.1, 0.15) is 15.9 Å². The zero-order chi connectivity index (χ0) is 20.1. The number of nitrogens with two attached hydrogens (primary N) is 2. The molecule has 1 aliphatic rings. The highest BCUT2D eigenvalue weighted by atomic mass is 16.3. The van der Waals surface area contributed by atoms with Crippen LogP contribution in [0.5, 0.6) is 5.75 Å². The molecule has 0 atom stereocenters. The summed E-state index contributed by atoms with van der Waals surface area (Å²) in [6.45, 7) is 3.13. The van der Waals surface area contributed by atoms with Crippen molar-refractivity contribution >= 4 is 17.7 Å². The number of piperazine rings is 1. The van der Waals surface area contributed by atoms with Crippen LogP contribution >= 0.6 is 0 Å². The molecule has 146 valence electrons. The number of allylic oxidation sites excluding steroid dienone is 1. The molecule has 1 saturated heterocycles. The average Bonchev–Trinajstić information content (AvgIpc) is 2.72. The molecule has 0 aromatic heterocycles. The third kappa shape index (κ3) is 4.27. The SMILES string of the molecule is N/C(=C\C(=C(/N)[NH3+])N1CCN(c2ccc(C=O)cc2)CC1)c1ccccc1O. The van der Waals surface area contributed by atoms with Gasteiger partial charge in [0.1, 0.15) is 17.7 Å². The topological polar surface area (TPSA) is 123 Å². The first-order valence-electron chi connectivity index (χ1n) is 9.12. The minimum Gasteiger partial charge on any atom is -0.507 e. The van der Waals surface area contributed by atoms with Crippen LogP contribution in [-0.2, 0) is 0 Å². The highest BCUT2D eigenvalue weighted by molar-refractivity contribution is 5.75. The first-order chi connectivity index (χ1) is 13.5. The van der Waals surface area contributed by atoms with Crippen LogP contribution in [0.25, 0.3) is 5.70 Å². The first kappa shape index (κ1) is 19.3. The van der Waals surface area contributed by atoms with E-state index in [0.717, 1.165) is 43.8 Å². The Hall–Kier alpha value is -3.45. The smallest absolute Gasteiger partial charge is 0.217 e. The van der Waals surface area contributed by atoms with E-state index in [1.54, 1.807) is 24.3 Å². The summed E-state index contributed by atoms with van der Waals surface area (Å²) >= 11 is 0. The van der Waals surface area contributed by atoms with Gasteiger partial charge in [0.25, 0.3) is 0 Å². The summed E-state index contributed by atoms with van der Waals surface area (Å²) in [6.07, 6.45) is 2.61. The van der Waals surface area contributed by atoms with Crippen LogP contribution in [0.3, 0.4) is 0 Å². The average molecular weight is 380 g/mol. The zero-order valence-corrected chi connectivity index (χ0v) is 15.7. The second kappa shape index (κ2) is 8.49. The van der Waals surface area contributed by atoms with Crippen molar-refractivity contribution in [2.75, 3.05) is 31.1 Å². The summed E-state index contributed by atoms with van der Waals surface area (Å²) in [5, 5.41) is 10.0. The minimum atomic E-state index is 0.127. The molecule has 0 radical (unpaired) electrons. The van der Waals surface area contributed by atoms with Crippen LogP contribution in [0.15, 0.2) is 66.1 Å². The number of para-hydroxylation sites is 1. The molecule has 1 fully saturated rings. The molecule has 0 bridgehead atoms. The van der Waals surface area contributed by atoms with Gasteiger partial charge in [-0.3, -0.25) is 4.79 Å². The van der Waals surface area contributed by atoms with Crippen molar-refractivity contribution in [2.45, 2.75) is 0 Å². The van der Waals surface area contributed by atoms with E-state index in [4.69, 9.17) is 11.5 Å². The van der Waals surface area contributed by atoms with E-state index in [0.29, 0.717) is 22.6 Å². The Balaban J connectivity index is 1.73. The van der Waals surface area contributed by atoms with Crippen LogP contribution in [-0.4, -0.2) is 42.5 Å². The van der Waals surface area contributed by atoms with E-state index < -0.39 is 0 Å². The number of aromatic hydroxyl groups is 1. The molecule has 7 nitrogen and oxygen atoms in total. The van der Waals surface area contributed by atoms with Gasteiger partial charge in [-0.15, -0.1) is 0 Å². The van der Waals surface area contributed by atoms with Gasteiger partial charge in [0, 0.05) is 48.7 Å². The number of quaternary nitrogens is 1. The molecule has 28 heavy (non-hydrogen) atoms. The van der Waals surface area contributed by atoms with Crippen molar-refractivity contribution in [3.8, 4) is 5.75 Å². The lowest BCUT2D eigenvalue weighted by molar-refractivity contribution is -0.307. The Morgan fingerprint density at radius 3 is 2.21 bits per heavy atom. The predicted octanol–water partition coefficient (Wildman–Crippen LogP) is 0.696. The molecule has 3 rings (SSSR count). The van der Waals surface area contributed by atoms with Gasteiger partial charge < -0.3 is 32.1 Å². The quantitative estimate of drug-likeness (QED) is 0.447. The van der Waals surface area contributed by atoms with Gasteiger partial charge in [-0.05, 0) is 42.5 Å². The molecule has 2 aromatic rings. The van der Waals surface area contributed by atoms with E-state index >= 15 is 0 Å². The molecule has 0 spiro atoms. The van der Waals surface area contributed by atoms with E-state index in [9.17, 15) is 9.90 Å². The second-order valence-corrected chi connectivity index (χ2v) is 6.71. The monoisotopic (exact) mass is 380 g/mol. The fourth-order valence-electron chi connectivity index (χ4n) is 3.30. The summed E-state index contributed by atoms with van der Waals surface area (Å²) in [5.74, 6) is 0.559. The number of anilines is 1. The molecular weight excluding hydrogens is 354 g/mol. The summed E-state index contributed by atoms with van der Waals surface area (Å²) < 4.78 is 0. The first-order valence-corrected chi connectivity index (χ1v) is 9.12. The largest absolute Gasteiger partial charge is 0.507 e. The standard InChI is InChI=1S/C21H25N5O2/c22-18(17-3-1-2-4-20(17)28)13-19(21(23)24)26-11-9-25(10-12-26)16-7-5-15(14-27)6-8-16/h1-8,13-14,28H,9-12,22-24H2/p+1/b18-13-. The summed E-state index contributed by atoms with van der Waals surface area (Å²) in [7, 11) is 0. The molecule has 1 aliphatic heterocycles. The van der Waals surface area contributed by atoms with Crippen molar-refractivity contribution in [2.24, 2.45) is 11.5 Å². The van der Waals surface area contributed by atoms with Gasteiger partial charge in [-0.1, -0.05) is 12.1 Å². The molecule has 1 heterocycles. The van der Waals surface area contributed by atoms with Gasteiger partial charge in [-0.25, -0.2) is 0 Å². The number of benzene rings is 2. The van der Waals surface area contributed by atoms with Gasteiger partial charge in [0.15, 0.2) is 0 Å². The van der Waals surface area contributed by atoms with Crippen molar-refractivity contribution in [1.82, 2.24) is 4.90 Å². The van der Waals surface area contributed by atoms with Crippen molar-refractivity contribution in [3.05, 3.63) is 77.3 Å². The van der Waals surface area contributed by atoms with Gasteiger partial charge in [0.05, 0.1) is 0 Å². The van der Waals surface area contributed by atoms with Gasteiger partial charge in [-0.2, -0.15) is 0 Å². The second-order valence-electron chi connectivity index (χ2n) is 6.71. The van der Waals surface area contributed by atoms with E-state index in [1.807, 2.05) is 30.3 Å². The number of phenolic OH excluding ortho intramolecular Hbond substituents is 1. The lowest BCUT2D eigenvalue weighted by Gasteiger charge is -2.37. The Bertz CT molecular complexity index is 893. The third-order valence-corrected chi connectivity index (χ3v) is 4.85. The number of rotatable bonds is 5. The number of aldehydes is 1. The lowest BCUT2D eigenvalue weighted by Crippen LogP contribution is -2.56. The number of nitrogens with zero attached hydrogens (tertiary/aromatic N) is 2. The maximum atomic E-state index is 10.8. The molecule has 0 saturated carbocycles. The number of hydrogen-bond donors (Lipinski definition) is 4. The van der Waals surface area contributed by atoms with Crippen LogP contribution < -0.4 is 22.1 Å². The Morgan fingerprint density at radius 1 is 1.00 bits per heavy atom. The van der Waals surface area contributed by atoms with Crippen molar-refractivity contribution < 1.29 is 15.6 Å². The third-order valence-electron chi connectivity index (χ3n) is 4.85. The van der Waals surface area contributed by atoms with Crippen LogP contribution in [0.4, 0.5) is 5.69 Å². The van der Waals surface area contributed by atoms with Crippen molar-refractivity contribution in [3.63, 3.8) is 0 Å². The predicted molar refractivity (Wildman–Crippen MR) is 110 cm³/mol. The Labute approximate surface area is 164 Å². The molecule has 0 aliphatic carbocycles. The highest BCUT2D eigenvalue weighted by Gasteiger charge is 2.21. The molecule has 0 unspecified atom stereocenters. The fourth-order valence-corrected chi connectivity index (χ4v) is 3.30. The molecular formula is C21H26N5O2+. The van der Waals surface area contributed by atoms with Gasteiger partial charge >= 0.3 is 0 Å². The molecule has 0 amide bonds. The van der Waals surface area contributed by atoms with Crippen molar-refractivity contribution in [1.29, 1.82) is 0 Å². The summed E-state index contributed by atoms with van der Waals surface area (Å²) in [4.78, 5) is 15.2. The maximum Gasteiger partial charge on any atom is 0.217 e. The summed E-state index contributed by atoms with van der Waals surface area (Å²) in [5.41, 5.74) is 19.6. The van der Waals surface area contributed by atoms with Crippen LogP contribution in [0.2, 0.25) is 0 Å². The normalized spacial score (nSPS) is 16.0. The Kier molecular flexibility index (Phi) is 5.86. The molecule has 7 heteroatoms. The zero-order valence-electron chi connectivity index (χ0n) is 15.7. The summed E-state index contributed by atoms with van der Waals surface area (Å²) in [6, 6.07) is 14.5. The lowest BCUT2D eigenvalue weighted by atomic mass is 10.1. The highest BCUT2D eigenvalue weighted by Crippen LogP contribution is 2.24. The van der Waals surface area contributed by atoms with E-state index in [1.165, 1.54) is 0 Å². The minimum absolute atomic E-state index is 0.127. The van der Waals surface area contributed by atoms with Gasteiger partial charge in [0.2, 0.25) is 5.82 Å². The maximum absolute atomic E-state index is 10.8. The Morgan fingerprint density at radius 2 is 1.64 bits per heavy atom. The number of carbonyl (C=O) groups is 1. The van der Waals surface area contributed by atoms with E-state index in [2.05, 4.69) is 15.5 Å². The number of phenols is 1. The van der Waals surface area contributed by atoms with Crippen LogP contribution in [0, 0.1) is 0 Å².